The Morgan fingerprint density at radius 2 is 1.72 bits per heavy atom. The van der Waals surface area contributed by atoms with Crippen LogP contribution in [0, 0.1) is 23.2 Å². The molecule has 4 saturated carbocycles. The summed E-state index contributed by atoms with van der Waals surface area (Å²) in [5, 5.41) is 7.13. The molecule has 130 valence electrons. The van der Waals surface area contributed by atoms with Gasteiger partial charge in [0.1, 0.15) is 0 Å². The van der Waals surface area contributed by atoms with Crippen molar-refractivity contribution in [3.05, 3.63) is 42.1 Å². The number of carbonyl (C=O) groups excluding carboxylic acids is 1. The van der Waals surface area contributed by atoms with Gasteiger partial charge in [0, 0.05) is 18.2 Å². The lowest BCUT2D eigenvalue weighted by Crippen LogP contribution is -2.51. The fourth-order valence-corrected chi connectivity index (χ4v) is 5.99. The molecule has 6 rings (SSSR count). The van der Waals surface area contributed by atoms with Crippen LogP contribution in [0.2, 0.25) is 0 Å². The molecule has 0 radical (unpaired) electrons. The van der Waals surface area contributed by atoms with Crippen molar-refractivity contribution in [3.63, 3.8) is 0 Å². The van der Waals surface area contributed by atoms with E-state index >= 15 is 0 Å². The van der Waals surface area contributed by atoms with E-state index in [0.717, 1.165) is 29.9 Å². The molecule has 4 aliphatic rings. The van der Waals surface area contributed by atoms with Gasteiger partial charge in [0.05, 0.1) is 0 Å². The van der Waals surface area contributed by atoms with E-state index in [1.54, 1.807) is 6.07 Å². The predicted octanol–water partition coefficient (Wildman–Crippen LogP) is 4.29. The Morgan fingerprint density at radius 1 is 1.08 bits per heavy atom. The molecule has 1 amide bonds. The quantitative estimate of drug-likeness (QED) is 0.906. The fraction of sp³-hybridized carbons (Fsp3) is 0.524. The van der Waals surface area contributed by atoms with Crippen LogP contribution in [0.5, 0.6) is 0 Å². The zero-order chi connectivity index (χ0) is 16.9. The molecule has 2 aromatic rings. The fourth-order valence-electron chi connectivity index (χ4n) is 5.99. The lowest BCUT2D eigenvalue weighted by atomic mass is 9.49. The van der Waals surface area contributed by atoms with E-state index < -0.39 is 0 Å². The van der Waals surface area contributed by atoms with E-state index in [1.165, 1.54) is 38.5 Å². The van der Waals surface area contributed by atoms with Crippen molar-refractivity contribution in [3.8, 4) is 11.3 Å². The molecule has 0 spiro atoms. The van der Waals surface area contributed by atoms with Gasteiger partial charge < -0.3 is 9.84 Å². The summed E-state index contributed by atoms with van der Waals surface area (Å²) >= 11 is 0. The molecule has 4 aliphatic carbocycles. The minimum absolute atomic E-state index is 0.110. The lowest BCUT2D eigenvalue weighted by molar-refractivity contribution is -0.0503. The van der Waals surface area contributed by atoms with Crippen LogP contribution >= 0.6 is 0 Å². The van der Waals surface area contributed by atoms with E-state index in [1.807, 2.05) is 30.3 Å². The van der Waals surface area contributed by atoms with E-state index in [9.17, 15) is 4.79 Å². The highest BCUT2D eigenvalue weighted by atomic mass is 16.5. The second-order valence-corrected chi connectivity index (χ2v) is 8.54. The monoisotopic (exact) mass is 336 g/mol. The summed E-state index contributed by atoms with van der Waals surface area (Å²) in [6.07, 6.45) is 8.18. The number of nitrogens with one attached hydrogen (secondary N) is 1. The molecule has 1 aromatic carbocycles. The maximum atomic E-state index is 12.5. The Labute approximate surface area is 148 Å². The first-order chi connectivity index (χ1) is 12.2. The Morgan fingerprint density at radius 3 is 2.36 bits per heavy atom. The predicted molar refractivity (Wildman–Crippen MR) is 94.9 cm³/mol. The van der Waals surface area contributed by atoms with E-state index in [-0.39, 0.29) is 5.91 Å². The van der Waals surface area contributed by atoms with Crippen molar-refractivity contribution in [1.82, 2.24) is 10.5 Å². The number of benzene rings is 1. The molecule has 1 aromatic heterocycles. The van der Waals surface area contributed by atoms with Crippen molar-refractivity contribution in [2.45, 2.75) is 38.5 Å². The van der Waals surface area contributed by atoms with Crippen LogP contribution in [0.4, 0.5) is 0 Å². The third-order valence-corrected chi connectivity index (χ3v) is 6.59. The van der Waals surface area contributed by atoms with Crippen LogP contribution < -0.4 is 5.32 Å². The average molecular weight is 336 g/mol. The maximum absolute atomic E-state index is 12.5. The molecule has 4 fully saturated rings. The second-order valence-electron chi connectivity index (χ2n) is 8.54. The average Bonchev–Trinajstić information content (AvgIpc) is 3.10. The molecule has 0 unspecified atom stereocenters. The topological polar surface area (TPSA) is 55.1 Å². The maximum Gasteiger partial charge on any atom is 0.273 e. The van der Waals surface area contributed by atoms with Crippen LogP contribution in [0.25, 0.3) is 11.3 Å². The largest absolute Gasteiger partial charge is 0.355 e. The Balaban J connectivity index is 1.26. The van der Waals surface area contributed by atoms with Gasteiger partial charge in [-0.3, -0.25) is 4.79 Å². The highest BCUT2D eigenvalue weighted by Gasteiger charge is 2.50. The summed E-state index contributed by atoms with van der Waals surface area (Å²) in [6.45, 7) is 0.795. The van der Waals surface area contributed by atoms with Gasteiger partial charge in [-0.1, -0.05) is 35.5 Å². The highest BCUT2D eigenvalue weighted by molar-refractivity contribution is 5.93. The lowest BCUT2D eigenvalue weighted by Gasteiger charge is -2.56. The van der Waals surface area contributed by atoms with Crippen molar-refractivity contribution in [2.75, 3.05) is 6.54 Å². The molecule has 0 saturated heterocycles. The number of carbonyl (C=O) groups is 1. The van der Waals surface area contributed by atoms with E-state index in [4.69, 9.17) is 4.52 Å². The number of hydrogen-bond acceptors (Lipinski definition) is 3. The molecule has 0 atom stereocenters. The number of aromatic nitrogens is 1. The van der Waals surface area contributed by atoms with Gasteiger partial charge in [0.25, 0.3) is 5.91 Å². The molecule has 1 N–H and O–H groups in total. The molecule has 1 heterocycles. The van der Waals surface area contributed by atoms with Crippen LogP contribution in [0.3, 0.4) is 0 Å². The molecule has 4 nitrogen and oxygen atoms in total. The Bertz CT molecular complexity index is 745. The number of rotatable bonds is 4. The van der Waals surface area contributed by atoms with Gasteiger partial charge in [-0.2, -0.15) is 0 Å². The number of hydrogen-bond donors (Lipinski definition) is 1. The number of amides is 1. The zero-order valence-electron chi connectivity index (χ0n) is 14.4. The SMILES string of the molecule is O=C(NCC12CC3CC(CC(C3)C1)C2)c1cc(-c2ccccc2)on1. The highest BCUT2D eigenvalue weighted by Crippen LogP contribution is 2.59. The summed E-state index contributed by atoms with van der Waals surface area (Å²) in [7, 11) is 0. The first-order valence-electron chi connectivity index (χ1n) is 9.49. The van der Waals surface area contributed by atoms with E-state index in [0.29, 0.717) is 16.9 Å². The third kappa shape index (κ3) is 2.78. The molecule has 25 heavy (non-hydrogen) atoms. The van der Waals surface area contributed by atoms with E-state index in [2.05, 4.69) is 10.5 Å². The van der Waals surface area contributed by atoms with Crippen molar-refractivity contribution < 1.29 is 9.32 Å². The second kappa shape index (κ2) is 5.72. The summed E-state index contributed by atoms with van der Waals surface area (Å²) < 4.78 is 5.36. The van der Waals surface area contributed by atoms with Gasteiger partial charge in [-0.25, -0.2) is 0 Å². The normalized spacial score (nSPS) is 32.7. The summed E-state index contributed by atoms with van der Waals surface area (Å²) in [6, 6.07) is 11.5. The Hall–Kier alpha value is -2.10. The standard InChI is InChI=1S/C21H24N2O2/c24-20(18-9-19(25-23-18)17-4-2-1-3-5-17)22-13-21-10-14-6-15(11-21)8-16(7-14)12-21/h1-5,9,14-16H,6-8,10-13H2,(H,22,24). The summed E-state index contributed by atoms with van der Waals surface area (Å²) in [4.78, 5) is 12.5. The third-order valence-electron chi connectivity index (χ3n) is 6.59. The smallest absolute Gasteiger partial charge is 0.273 e. The van der Waals surface area contributed by atoms with Crippen LogP contribution in [0.15, 0.2) is 40.9 Å². The molecule has 0 aliphatic heterocycles. The van der Waals surface area contributed by atoms with Gasteiger partial charge in [-0.05, 0) is 61.7 Å². The van der Waals surface area contributed by atoms with Gasteiger partial charge in [0.15, 0.2) is 11.5 Å². The zero-order valence-corrected chi connectivity index (χ0v) is 14.4. The summed E-state index contributed by atoms with van der Waals surface area (Å²) in [5.74, 6) is 3.24. The minimum Gasteiger partial charge on any atom is -0.355 e. The van der Waals surface area contributed by atoms with Gasteiger partial charge in [0.2, 0.25) is 0 Å². The van der Waals surface area contributed by atoms with Gasteiger partial charge in [-0.15, -0.1) is 0 Å². The first kappa shape index (κ1) is 15.2. The Kier molecular flexibility index (Phi) is 3.47. The molecule has 4 heteroatoms. The molecule has 4 bridgehead atoms. The van der Waals surface area contributed by atoms with Crippen LogP contribution in [-0.2, 0) is 0 Å². The van der Waals surface area contributed by atoms with Crippen LogP contribution in [0.1, 0.15) is 49.0 Å². The minimum atomic E-state index is -0.110. The van der Waals surface area contributed by atoms with Gasteiger partial charge >= 0.3 is 0 Å². The van der Waals surface area contributed by atoms with Crippen LogP contribution in [-0.4, -0.2) is 17.6 Å². The number of nitrogens with zero attached hydrogens (tertiary/aromatic N) is 1. The van der Waals surface area contributed by atoms with Crippen molar-refractivity contribution in [1.29, 1.82) is 0 Å². The van der Waals surface area contributed by atoms with Crippen molar-refractivity contribution in [2.24, 2.45) is 23.2 Å². The molecular formula is C21H24N2O2. The van der Waals surface area contributed by atoms with Crippen molar-refractivity contribution >= 4 is 5.91 Å². The summed E-state index contributed by atoms with van der Waals surface area (Å²) in [5.41, 5.74) is 1.66. The molecular weight excluding hydrogens is 312 g/mol. The first-order valence-corrected chi connectivity index (χ1v) is 9.49.